The number of anilines is 1. The van der Waals surface area contributed by atoms with Crippen LogP contribution < -0.4 is 10.1 Å². The number of amides is 1. The highest BCUT2D eigenvalue weighted by Gasteiger charge is 2.11. The first kappa shape index (κ1) is 16.1. The molecule has 2 N–H and O–H groups in total. The van der Waals surface area contributed by atoms with Crippen LogP contribution in [0.25, 0.3) is 11.3 Å². The van der Waals surface area contributed by atoms with Crippen molar-refractivity contribution in [3.05, 3.63) is 65.3 Å². The molecular formula is C18H16ClN3O2. The number of aromatic nitrogens is 2. The molecular weight excluding hydrogens is 326 g/mol. The number of nitrogens with one attached hydrogen (secondary N) is 2. The van der Waals surface area contributed by atoms with Crippen LogP contribution in [0.5, 0.6) is 5.75 Å². The number of H-pyrrole nitrogens is 1. The SMILES string of the molecule is CCOc1ccc(NC(=O)c2cc(-c3ccc(Cl)cc3)n[nH]2)cc1. The Morgan fingerprint density at radius 1 is 1.17 bits per heavy atom. The number of halogens is 1. The van der Waals surface area contributed by atoms with Crippen molar-refractivity contribution in [3.63, 3.8) is 0 Å². The predicted octanol–water partition coefficient (Wildman–Crippen LogP) is 4.38. The molecule has 1 aromatic heterocycles. The van der Waals surface area contributed by atoms with Crippen molar-refractivity contribution in [2.45, 2.75) is 6.92 Å². The van der Waals surface area contributed by atoms with Gasteiger partial charge in [-0.05, 0) is 49.4 Å². The fourth-order valence-electron chi connectivity index (χ4n) is 2.21. The van der Waals surface area contributed by atoms with Crippen molar-refractivity contribution < 1.29 is 9.53 Å². The van der Waals surface area contributed by atoms with E-state index in [0.29, 0.717) is 28.7 Å². The number of carbonyl (C=O) groups excluding carboxylic acids is 1. The van der Waals surface area contributed by atoms with Crippen LogP contribution in [-0.2, 0) is 0 Å². The van der Waals surface area contributed by atoms with E-state index in [2.05, 4.69) is 15.5 Å². The third kappa shape index (κ3) is 3.75. The van der Waals surface area contributed by atoms with E-state index in [1.54, 1.807) is 30.3 Å². The molecule has 6 heteroatoms. The first-order chi connectivity index (χ1) is 11.7. The summed E-state index contributed by atoms with van der Waals surface area (Å²) in [7, 11) is 0. The Balaban J connectivity index is 1.70. The van der Waals surface area contributed by atoms with E-state index >= 15 is 0 Å². The monoisotopic (exact) mass is 341 g/mol. The second-order valence-electron chi connectivity index (χ2n) is 5.09. The molecule has 1 heterocycles. The van der Waals surface area contributed by atoms with Crippen LogP contribution in [0.3, 0.4) is 0 Å². The third-order valence-corrected chi connectivity index (χ3v) is 3.64. The van der Waals surface area contributed by atoms with Gasteiger partial charge in [0.2, 0.25) is 0 Å². The van der Waals surface area contributed by atoms with Gasteiger partial charge in [-0.15, -0.1) is 0 Å². The molecule has 3 aromatic rings. The highest BCUT2D eigenvalue weighted by Crippen LogP contribution is 2.21. The van der Waals surface area contributed by atoms with E-state index in [9.17, 15) is 4.79 Å². The van der Waals surface area contributed by atoms with Gasteiger partial charge >= 0.3 is 0 Å². The molecule has 122 valence electrons. The summed E-state index contributed by atoms with van der Waals surface area (Å²) < 4.78 is 5.37. The van der Waals surface area contributed by atoms with E-state index in [4.69, 9.17) is 16.3 Å². The molecule has 0 aliphatic carbocycles. The first-order valence-electron chi connectivity index (χ1n) is 7.51. The third-order valence-electron chi connectivity index (χ3n) is 3.39. The average molecular weight is 342 g/mol. The maximum Gasteiger partial charge on any atom is 0.273 e. The van der Waals surface area contributed by atoms with Gasteiger partial charge in [-0.1, -0.05) is 23.7 Å². The summed E-state index contributed by atoms with van der Waals surface area (Å²) in [6.45, 7) is 2.53. The number of nitrogens with zero attached hydrogens (tertiary/aromatic N) is 1. The second kappa shape index (κ2) is 7.19. The number of ether oxygens (including phenoxy) is 1. The summed E-state index contributed by atoms with van der Waals surface area (Å²) in [5, 5.41) is 10.4. The Labute approximate surface area is 144 Å². The smallest absolute Gasteiger partial charge is 0.273 e. The van der Waals surface area contributed by atoms with Crippen LogP contribution >= 0.6 is 11.6 Å². The van der Waals surface area contributed by atoms with Gasteiger partial charge in [0.05, 0.1) is 12.3 Å². The van der Waals surface area contributed by atoms with Crippen molar-refractivity contribution in [1.82, 2.24) is 10.2 Å². The van der Waals surface area contributed by atoms with Crippen LogP contribution in [-0.4, -0.2) is 22.7 Å². The number of carbonyl (C=O) groups is 1. The lowest BCUT2D eigenvalue weighted by atomic mass is 10.1. The van der Waals surface area contributed by atoms with E-state index in [1.165, 1.54) is 0 Å². The van der Waals surface area contributed by atoms with Gasteiger partial charge in [0.15, 0.2) is 0 Å². The van der Waals surface area contributed by atoms with Gasteiger partial charge in [-0.25, -0.2) is 0 Å². The number of hydrogen-bond acceptors (Lipinski definition) is 3. The summed E-state index contributed by atoms with van der Waals surface area (Å²) in [5.74, 6) is 0.508. The van der Waals surface area contributed by atoms with Gasteiger partial charge in [-0.3, -0.25) is 9.89 Å². The van der Waals surface area contributed by atoms with Crippen LogP contribution in [0.1, 0.15) is 17.4 Å². The fraction of sp³-hybridized carbons (Fsp3) is 0.111. The molecule has 1 amide bonds. The van der Waals surface area contributed by atoms with Crippen molar-refractivity contribution >= 4 is 23.2 Å². The Morgan fingerprint density at radius 3 is 2.54 bits per heavy atom. The van der Waals surface area contributed by atoms with Gasteiger partial charge < -0.3 is 10.1 Å². The molecule has 0 fully saturated rings. The van der Waals surface area contributed by atoms with E-state index < -0.39 is 0 Å². The highest BCUT2D eigenvalue weighted by atomic mass is 35.5. The standard InChI is InChI=1S/C18H16ClN3O2/c1-2-24-15-9-7-14(8-10-15)20-18(23)17-11-16(21-22-17)12-3-5-13(19)6-4-12/h3-11H,2H2,1H3,(H,20,23)(H,21,22). The Morgan fingerprint density at radius 2 is 1.88 bits per heavy atom. The van der Waals surface area contributed by atoms with Crippen LogP contribution in [0, 0.1) is 0 Å². The first-order valence-corrected chi connectivity index (χ1v) is 7.89. The molecule has 0 atom stereocenters. The molecule has 0 spiro atoms. The zero-order valence-electron chi connectivity index (χ0n) is 13.0. The van der Waals surface area contributed by atoms with Crippen LogP contribution in [0.4, 0.5) is 5.69 Å². The largest absolute Gasteiger partial charge is 0.494 e. The van der Waals surface area contributed by atoms with E-state index in [-0.39, 0.29) is 5.91 Å². The minimum atomic E-state index is -0.258. The summed E-state index contributed by atoms with van der Waals surface area (Å²) in [5.41, 5.74) is 2.64. The van der Waals surface area contributed by atoms with Crippen LogP contribution in [0.2, 0.25) is 5.02 Å². The van der Waals surface area contributed by atoms with Gasteiger partial charge in [0.25, 0.3) is 5.91 Å². The summed E-state index contributed by atoms with van der Waals surface area (Å²) in [6.07, 6.45) is 0. The Kier molecular flexibility index (Phi) is 4.82. The maximum absolute atomic E-state index is 12.3. The topological polar surface area (TPSA) is 67.0 Å². The van der Waals surface area contributed by atoms with Crippen molar-refractivity contribution in [3.8, 4) is 17.0 Å². The van der Waals surface area contributed by atoms with Crippen molar-refractivity contribution in [2.75, 3.05) is 11.9 Å². The van der Waals surface area contributed by atoms with E-state index in [0.717, 1.165) is 11.3 Å². The maximum atomic E-state index is 12.3. The van der Waals surface area contributed by atoms with Crippen molar-refractivity contribution in [1.29, 1.82) is 0 Å². The molecule has 3 rings (SSSR count). The molecule has 0 bridgehead atoms. The average Bonchev–Trinajstić information content (AvgIpc) is 3.08. The lowest BCUT2D eigenvalue weighted by Crippen LogP contribution is -2.12. The van der Waals surface area contributed by atoms with Gasteiger partial charge in [0.1, 0.15) is 11.4 Å². The number of rotatable bonds is 5. The molecule has 0 saturated heterocycles. The molecule has 5 nitrogen and oxygen atoms in total. The number of aromatic amines is 1. The Hall–Kier alpha value is -2.79. The lowest BCUT2D eigenvalue weighted by Gasteiger charge is -2.06. The molecule has 0 aliphatic heterocycles. The summed E-state index contributed by atoms with van der Waals surface area (Å²) in [6, 6.07) is 16.2. The number of benzene rings is 2. The van der Waals surface area contributed by atoms with Gasteiger partial charge in [-0.2, -0.15) is 5.10 Å². The second-order valence-corrected chi connectivity index (χ2v) is 5.52. The van der Waals surface area contributed by atoms with E-state index in [1.807, 2.05) is 31.2 Å². The highest BCUT2D eigenvalue weighted by molar-refractivity contribution is 6.30. The normalized spacial score (nSPS) is 10.4. The minimum Gasteiger partial charge on any atom is -0.494 e. The van der Waals surface area contributed by atoms with Crippen LogP contribution in [0.15, 0.2) is 54.6 Å². The zero-order chi connectivity index (χ0) is 16.9. The molecule has 0 radical (unpaired) electrons. The predicted molar refractivity (Wildman–Crippen MR) is 94.6 cm³/mol. The molecule has 2 aromatic carbocycles. The Bertz CT molecular complexity index is 826. The fourth-order valence-corrected chi connectivity index (χ4v) is 2.33. The summed E-state index contributed by atoms with van der Waals surface area (Å²) in [4.78, 5) is 12.3. The van der Waals surface area contributed by atoms with Gasteiger partial charge in [0, 0.05) is 16.3 Å². The molecule has 0 unspecified atom stereocenters. The summed E-state index contributed by atoms with van der Waals surface area (Å²) >= 11 is 5.87. The molecule has 0 saturated carbocycles. The van der Waals surface area contributed by atoms with Crippen molar-refractivity contribution in [2.24, 2.45) is 0 Å². The quantitative estimate of drug-likeness (QED) is 0.723. The zero-order valence-corrected chi connectivity index (χ0v) is 13.8. The minimum absolute atomic E-state index is 0.258. The lowest BCUT2D eigenvalue weighted by molar-refractivity contribution is 0.102. The number of hydrogen-bond donors (Lipinski definition) is 2. The molecule has 0 aliphatic rings. The molecule has 24 heavy (non-hydrogen) atoms.